The van der Waals surface area contributed by atoms with Crippen molar-refractivity contribution in [2.75, 3.05) is 0 Å². The van der Waals surface area contributed by atoms with Crippen molar-refractivity contribution < 1.29 is 0 Å². The van der Waals surface area contributed by atoms with Crippen LogP contribution >= 0.6 is 0 Å². The van der Waals surface area contributed by atoms with E-state index >= 15 is 0 Å². The molecular formula is C26H43N. The van der Waals surface area contributed by atoms with E-state index in [1.54, 1.807) is 0 Å². The largest absolute Gasteiger partial charge is 0.384 e. The van der Waals surface area contributed by atoms with Gasteiger partial charge >= 0.3 is 0 Å². The average molecular weight is 370 g/mol. The molecule has 1 aromatic rings. The fourth-order valence-electron chi connectivity index (χ4n) is 3.93. The van der Waals surface area contributed by atoms with Gasteiger partial charge in [-0.1, -0.05) is 75.6 Å². The monoisotopic (exact) mass is 369 g/mol. The fourth-order valence-corrected chi connectivity index (χ4v) is 3.93. The summed E-state index contributed by atoms with van der Waals surface area (Å²) in [7, 11) is 0. The van der Waals surface area contributed by atoms with Gasteiger partial charge in [0.25, 0.3) is 0 Å². The zero-order valence-corrected chi connectivity index (χ0v) is 19.0. The lowest BCUT2D eigenvalue weighted by atomic mass is 9.81. The summed E-state index contributed by atoms with van der Waals surface area (Å²) in [6.07, 6.45) is 7.25. The Morgan fingerprint density at radius 1 is 1.04 bits per heavy atom. The van der Waals surface area contributed by atoms with Crippen molar-refractivity contribution in [1.82, 2.24) is 5.32 Å². The molecule has 1 nitrogen and oxygen atoms in total. The predicted molar refractivity (Wildman–Crippen MR) is 123 cm³/mol. The number of hydrogen-bond acceptors (Lipinski definition) is 1. The molecule has 0 fully saturated rings. The lowest BCUT2D eigenvalue weighted by Gasteiger charge is -2.27. The van der Waals surface area contributed by atoms with Crippen LogP contribution in [0.25, 0.3) is 5.57 Å². The third-order valence-electron chi connectivity index (χ3n) is 5.17. The van der Waals surface area contributed by atoms with Gasteiger partial charge in [-0.15, -0.1) is 0 Å². The summed E-state index contributed by atoms with van der Waals surface area (Å²) in [5.74, 6) is 1.25. The molecule has 0 aromatic heterocycles. The summed E-state index contributed by atoms with van der Waals surface area (Å²) in [5, 5.41) is 3.53. The van der Waals surface area contributed by atoms with Gasteiger partial charge in [0, 0.05) is 11.2 Å². The van der Waals surface area contributed by atoms with Crippen LogP contribution in [0.4, 0.5) is 0 Å². The van der Waals surface area contributed by atoms with Crippen LogP contribution in [-0.4, -0.2) is 5.54 Å². The first-order valence-electron chi connectivity index (χ1n) is 10.7. The van der Waals surface area contributed by atoms with Gasteiger partial charge in [0.2, 0.25) is 0 Å². The quantitative estimate of drug-likeness (QED) is 0.419. The summed E-state index contributed by atoms with van der Waals surface area (Å²) in [5.41, 5.74) is 6.47. The first kappa shape index (κ1) is 23.5. The lowest BCUT2D eigenvalue weighted by molar-refractivity contribution is 0.394. The van der Waals surface area contributed by atoms with Crippen molar-refractivity contribution in [3.63, 3.8) is 0 Å². The summed E-state index contributed by atoms with van der Waals surface area (Å²) < 4.78 is 0. The Kier molecular flexibility index (Phi) is 9.36. The smallest absolute Gasteiger partial charge is 0.0286 e. The van der Waals surface area contributed by atoms with E-state index in [-0.39, 0.29) is 5.54 Å². The van der Waals surface area contributed by atoms with Crippen LogP contribution in [0.2, 0.25) is 0 Å². The third-order valence-corrected chi connectivity index (χ3v) is 5.17. The molecule has 152 valence electrons. The Labute approximate surface area is 169 Å². The first-order valence-corrected chi connectivity index (χ1v) is 10.7. The van der Waals surface area contributed by atoms with E-state index in [9.17, 15) is 0 Å². The second-order valence-corrected chi connectivity index (χ2v) is 9.60. The van der Waals surface area contributed by atoms with Crippen molar-refractivity contribution in [2.45, 2.75) is 92.5 Å². The molecule has 27 heavy (non-hydrogen) atoms. The highest BCUT2D eigenvalue weighted by molar-refractivity contribution is 5.66. The van der Waals surface area contributed by atoms with Crippen molar-refractivity contribution in [1.29, 1.82) is 0 Å². The lowest BCUT2D eigenvalue weighted by Crippen LogP contribution is -2.34. The summed E-state index contributed by atoms with van der Waals surface area (Å²) in [6.45, 7) is 24.4. The number of nitrogens with one attached hydrogen (secondary N) is 1. The van der Waals surface area contributed by atoms with Crippen molar-refractivity contribution in [3.05, 3.63) is 53.7 Å². The molecule has 0 aliphatic carbocycles. The highest BCUT2D eigenvalue weighted by Crippen LogP contribution is 2.34. The van der Waals surface area contributed by atoms with Crippen LogP contribution in [0.1, 0.15) is 89.8 Å². The molecule has 0 aliphatic heterocycles. The van der Waals surface area contributed by atoms with Crippen LogP contribution in [0, 0.1) is 25.7 Å². The number of benzene rings is 1. The minimum Gasteiger partial charge on any atom is -0.384 e. The van der Waals surface area contributed by atoms with E-state index in [2.05, 4.69) is 85.1 Å². The Bertz CT molecular complexity index is 597. The molecule has 0 bridgehead atoms. The Hall–Kier alpha value is -1.50. The summed E-state index contributed by atoms with van der Waals surface area (Å²) in [4.78, 5) is 0. The van der Waals surface area contributed by atoms with Gasteiger partial charge in [-0.3, -0.25) is 0 Å². The van der Waals surface area contributed by atoms with Crippen LogP contribution < -0.4 is 5.32 Å². The average Bonchev–Trinajstić information content (AvgIpc) is 2.53. The molecule has 1 heteroatoms. The molecule has 1 rings (SSSR count). The van der Waals surface area contributed by atoms with E-state index < -0.39 is 0 Å². The van der Waals surface area contributed by atoms with Crippen molar-refractivity contribution in [3.8, 4) is 0 Å². The standard InChI is InChI=1S/C26H43N/c1-10-11-12-19(2)16-24(14-13-22(5)27-26(7,8)9)23(6)25-17-20(3)15-21(4)18-25/h15,17-19,24,27H,5-6,10-14,16H2,1-4,7-9H3. The molecule has 0 spiro atoms. The van der Waals surface area contributed by atoms with Crippen molar-refractivity contribution >= 4 is 5.57 Å². The SMILES string of the molecule is C=C(CCC(CC(C)CCCC)C(=C)c1cc(C)cc(C)c1)NC(C)(C)C. The minimum atomic E-state index is 0.0751. The third kappa shape index (κ3) is 9.31. The molecule has 1 N–H and O–H groups in total. The Morgan fingerprint density at radius 3 is 2.15 bits per heavy atom. The predicted octanol–water partition coefficient (Wildman–Crippen LogP) is 7.83. The normalized spacial score (nSPS) is 13.9. The maximum atomic E-state index is 4.54. The summed E-state index contributed by atoms with van der Waals surface area (Å²) in [6, 6.07) is 6.83. The Balaban J connectivity index is 2.89. The number of unbranched alkanes of at least 4 members (excludes halogenated alkanes) is 1. The highest BCUT2D eigenvalue weighted by Gasteiger charge is 2.19. The van der Waals surface area contributed by atoms with Gasteiger partial charge < -0.3 is 5.32 Å². The molecule has 0 radical (unpaired) electrons. The second kappa shape index (κ2) is 10.7. The van der Waals surface area contributed by atoms with Gasteiger partial charge in [-0.25, -0.2) is 0 Å². The molecule has 1 aromatic carbocycles. The molecule has 2 unspecified atom stereocenters. The van der Waals surface area contributed by atoms with Gasteiger partial charge in [0.15, 0.2) is 0 Å². The fraction of sp³-hybridized carbons (Fsp3) is 0.615. The number of rotatable bonds is 11. The van der Waals surface area contributed by atoms with E-state index in [1.807, 2.05) is 0 Å². The van der Waals surface area contributed by atoms with Crippen molar-refractivity contribution in [2.24, 2.45) is 11.8 Å². The number of allylic oxidation sites excluding steroid dienone is 2. The number of aryl methyl sites for hydroxylation is 2. The van der Waals surface area contributed by atoms with E-state index in [4.69, 9.17) is 0 Å². The maximum absolute atomic E-state index is 4.54. The maximum Gasteiger partial charge on any atom is 0.0286 e. The molecule has 0 aliphatic rings. The molecule has 0 saturated carbocycles. The zero-order valence-electron chi connectivity index (χ0n) is 19.0. The van der Waals surface area contributed by atoms with E-state index in [1.165, 1.54) is 47.9 Å². The van der Waals surface area contributed by atoms with Gasteiger partial charge in [0.05, 0.1) is 0 Å². The van der Waals surface area contributed by atoms with Gasteiger partial charge in [-0.05, 0) is 76.9 Å². The minimum absolute atomic E-state index is 0.0751. The topological polar surface area (TPSA) is 12.0 Å². The zero-order chi connectivity index (χ0) is 20.6. The van der Waals surface area contributed by atoms with Crippen LogP contribution in [0.5, 0.6) is 0 Å². The molecule has 2 atom stereocenters. The van der Waals surface area contributed by atoms with Gasteiger partial charge in [-0.2, -0.15) is 0 Å². The van der Waals surface area contributed by atoms with Crippen LogP contribution in [-0.2, 0) is 0 Å². The number of hydrogen-bond donors (Lipinski definition) is 1. The van der Waals surface area contributed by atoms with Gasteiger partial charge in [0.1, 0.15) is 0 Å². The molecule has 0 saturated heterocycles. The summed E-state index contributed by atoms with van der Waals surface area (Å²) >= 11 is 0. The molecular weight excluding hydrogens is 326 g/mol. The Morgan fingerprint density at radius 2 is 1.63 bits per heavy atom. The second-order valence-electron chi connectivity index (χ2n) is 9.60. The molecule has 0 amide bonds. The van der Waals surface area contributed by atoms with E-state index in [0.717, 1.165) is 24.5 Å². The first-order chi connectivity index (χ1) is 12.5. The van der Waals surface area contributed by atoms with Crippen LogP contribution in [0.15, 0.2) is 37.1 Å². The highest BCUT2D eigenvalue weighted by atomic mass is 15.0. The molecule has 0 heterocycles. The van der Waals surface area contributed by atoms with Crippen LogP contribution in [0.3, 0.4) is 0 Å². The van der Waals surface area contributed by atoms with E-state index in [0.29, 0.717) is 5.92 Å².